The molecule has 2 amide bonds. The zero-order valence-corrected chi connectivity index (χ0v) is 26.5. The Bertz CT molecular complexity index is 1500. The molecule has 2 unspecified atom stereocenters. The molecule has 0 radical (unpaired) electrons. The van der Waals surface area contributed by atoms with Crippen LogP contribution in [0.1, 0.15) is 32.8 Å². The number of ether oxygens (including phenoxy) is 2. The molecule has 9 nitrogen and oxygen atoms in total. The molecule has 2 atom stereocenters. The molecule has 3 aromatic carbocycles. The van der Waals surface area contributed by atoms with E-state index < -0.39 is 28.5 Å². The average Bonchev–Trinajstić information content (AvgIpc) is 2.98. The second kappa shape index (κ2) is 14.6. The maximum absolute atomic E-state index is 14.1. The van der Waals surface area contributed by atoms with Gasteiger partial charge in [-0.05, 0) is 62.2 Å². The summed E-state index contributed by atoms with van der Waals surface area (Å²) in [6.45, 7) is 4.71. The second-order valence-electron chi connectivity index (χ2n) is 9.62. The largest absolute Gasteiger partial charge is 0.493 e. The standard InChI is InChI=1S/C30H35Cl2N3O6S/c1-6-20(2)33-30(37)21(3)34(18-22-12-13-23(31)16-26(22)32)29(36)19-35(42(38,39)25-10-8-7-9-11-25)24-14-15-27(40-4)28(17-24)41-5/h7-17,20-21H,6,18-19H2,1-5H3,(H,33,37). The van der Waals surface area contributed by atoms with Crippen LogP contribution in [0.3, 0.4) is 0 Å². The van der Waals surface area contributed by atoms with Crippen LogP contribution in [0.5, 0.6) is 11.5 Å². The highest BCUT2D eigenvalue weighted by atomic mass is 35.5. The Morgan fingerprint density at radius 3 is 2.19 bits per heavy atom. The van der Waals surface area contributed by atoms with E-state index in [2.05, 4.69) is 5.32 Å². The average molecular weight is 637 g/mol. The Hall–Kier alpha value is -3.47. The summed E-state index contributed by atoms with van der Waals surface area (Å²) in [4.78, 5) is 28.6. The summed E-state index contributed by atoms with van der Waals surface area (Å²) in [6.07, 6.45) is 0.692. The van der Waals surface area contributed by atoms with Crippen LogP contribution in [-0.4, -0.2) is 58.0 Å². The van der Waals surface area contributed by atoms with E-state index in [1.807, 2.05) is 13.8 Å². The Labute approximate surface area is 257 Å². The number of hydrogen-bond donors (Lipinski definition) is 1. The summed E-state index contributed by atoms with van der Waals surface area (Å²) in [7, 11) is -1.35. The van der Waals surface area contributed by atoms with Crippen LogP contribution < -0.4 is 19.1 Å². The van der Waals surface area contributed by atoms with Gasteiger partial charge in [0.25, 0.3) is 10.0 Å². The van der Waals surface area contributed by atoms with Crippen LogP contribution in [0.25, 0.3) is 0 Å². The van der Waals surface area contributed by atoms with Crippen molar-refractivity contribution in [3.63, 3.8) is 0 Å². The molecule has 0 saturated heterocycles. The second-order valence-corrected chi connectivity index (χ2v) is 12.3. The van der Waals surface area contributed by atoms with Crippen LogP contribution in [0, 0.1) is 0 Å². The zero-order valence-electron chi connectivity index (χ0n) is 24.1. The number of halogens is 2. The van der Waals surface area contributed by atoms with Crippen molar-refractivity contribution < 1.29 is 27.5 Å². The molecule has 0 fully saturated rings. The fourth-order valence-corrected chi connectivity index (χ4v) is 6.01. The van der Waals surface area contributed by atoms with E-state index in [0.717, 1.165) is 4.31 Å². The van der Waals surface area contributed by atoms with Gasteiger partial charge >= 0.3 is 0 Å². The predicted octanol–water partition coefficient (Wildman–Crippen LogP) is 5.54. The van der Waals surface area contributed by atoms with Crippen molar-refractivity contribution in [1.29, 1.82) is 0 Å². The Morgan fingerprint density at radius 1 is 0.929 bits per heavy atom. The van der Waals surface area contributed by atoms with Crippen molar-refractivity contribution in [2.24, 2.45) is 0 Å². The van der Waals surface area contributed by atoms with Gasteiger partial charge in [0, 0.05) is 28.7 Å². The third-order valence-electron chi connectivity index (χ3n) is 6.79. The highest BCUT2D eigenvalue weighted by Gasteiger charge is 2.33. The lowest BCUT2D eigenvalue weighted by atomic mass is 10.1. The van der Waals surface area contributed by atoms with Gasteiger partial charge in [-0.2, -0.15) is 0 Å². The number of amides is 2. The number of nitrogens with one attached hydrogen (secondary N) is 1. The molecule has 1 N–H and O–H groups in total. The quantitative estimate of drug-likeness (QED) is 0.264. The Morgan fingerprint density at radius 2 is 1.60 bits per heavy atom. The van der Waals surface area contributed by atoms with E-state index in [1.165, 1.54) is 43.4 Å². The molecule has 42 heavy (non-hydrogen) atoms. The Balaban J connectivity index is 2.09. The van der Waals surface area contributed by atoms with Gasteiger partial charge in [0.2, 0.25) is 11.8 Å². The van der Waals surface area contributed by atoms with Crippen LogP contribution in [0.2, 0.25) is 10.0 Å². The summed E-state index contributed by atoms with van der Waals surface area (Å²) >= 11 is 12.5. The number of sulfonamides is 1. The molecule has 0 heterocycles. The minimum Gasteiger partial charge on any atom is -0.493 e. The number of carbonyl (C=O) groups is 2. The van der Waals surface area contributed by atoms with Crippen LogP contribution in [0.4, 0.5) is 5.69 Å². The van der Waals surface area contributed by atoms with E-state index >= 15 is 0 Å². The molecule has 0 saturated carbocycles. The molecule has 0 aromatic heterocycles. The zero-order chi connectivity index (χ0) is 31.0. The van der Waals surface area contributed by atoms with Gasteiger partial charge in [-0.25, -0.2) is 8.42 Å². The molecule has 0 aliphatic carbocycles. The maximum atomic E-state index is 14.1. The van der Waals surface area contributed by atoms with Crippen molar-refractivity contribution >= 4 is 50.7 Å². The van der Waals surface area contributed by atoms with E-state index in [9.17, 15) is 18.0 Å². The first-order chi connectivity index (χ1) is 19.9. The van der Waals surface area contributed by atoms with Crippen molar-refractivity contribution in [1.82, 2.24) is 10.2 Å². The number of methoxy groups -OCH3 is 2. The Kier molecular flexibility index (Phi) is 11.5. The fraction of sp³-hybridized carbons (Fsp3) is 0.333. The molecule has 3 aromatic rings. The summed E-state index contributed by atoms with van der Waals surface area (Å²) in [5, 5.41) is 3.62. The maximum Gasteiger partial charge on any atom is 0.264 e. The number of carbonyl (C=O) groups excluding carboxylic acids is 2. The molecule has 0 aliphatic heterocycles. The minimum atomic E-state index is -4.24. The smallest absolute Gasteiger partial charge is 0.264 e. The molecule has 0 bridgehead atoms. The van der Waals surface area contributed by atoms with Gasteiger partial charge in [0.05, 0.1) is 24.8 Å². The van der Waals surface area contributed by atoms with Gasteiger partial charge < -0.3 is 19.7 Å². The SMILES string of the molecule is CCC(C)NC(=O)C(C)N(Cc1ccc(Cl)cc1Cl)C(=O)CN(c1ccc(OC)c(OC)c1)S(=O)(=O)c1ccccc1. The molecular formula is C30H35Cl2N3O6S. The molecule has 0 spiro atoms. The summed E-state index contributed by atoms with van der Waals surface area (Å²) in [5.41, 5.74) is 0.715. The van der Waals surface area contributed by atoms with Gasteiger partial charge in [0.1, 0.15) is 12.6 Å². The van der Waals surface area contributed by atoms with E-state index in [4.69, 9.17) is 32.7 Å². The van der Waals surface area contributed by atoms with Crippen LogP contribution in [-0.2, 0) is 26.2 Å². The highest BCUT2D eigenvalue weighted by molar-refractivity contribution is 7.92. The lowest BCUT2D eigenvalue weighted by molar-refractivity contribution is -0.139. The minimum absolute atomic E-state index is 0.0116. The third kappa shape index (κ3) is 7.87. The van der Waals surface area contributed by atoms with Gasteiger partial charge in [-0.15, -0.1) is 0 Å². The molecule has 12 heteroatoms. The number of hydrogen-bond acceptors (Lipinski definition) is 6. The normalized spacial score (nSPS) is 12.6. The summed E-state index contributed by atoms with van der Waals surface area (Å²) < 4.78 is 39.6. The molecule has 226 valence electrons. The van der Waals surface area contributed by atoms with Gasteiger partial charge in [-0.3, -0.25) is 13.9 Å². The first-order valence-corrected chi connectivity index (χ1v) is 15.5. The lowest BCUT2D eigenvalue weighted by Crippen LogP contribution is -2.52. The first-order valence-electron chi connectivity index (χ1n) is 13.3. The number of rotatable bonds is 13. The molecule has 3 rings (SSSR count). The summed E-state index contributed by atoms with van der Waals surface area (Å²) in [6, 6.07) is 16.1. The number of benzene rings is 3. The highest BCUT2D eigenvalue weighted by Crippen LogP contribution is 2.34. The van der Waals surface area contributed by atoms with E-state index in [0.29, 0.717) is 27.8 Å². The van der Waals surface area contributed by atoms with Crippen LogP contribution in [0.15, 0.2) is 71.6 Å². The lowest BCUT2D eigenvalue weighted by Gasteiger charge is -2.32. The van der Waals surface area contributed by atoms with Crippen LogP contribution >= 0.6 is 23.2 Å². The fourth-order valence-electron chi connectivity index (χ4n) is 4.11. The number of anilines is 1. The van der Waals surface area contributed by atoms with Crippen molar-refractivity contribution in [3.05, 3.63) is 82.3 Å². The topological polar surface area (TPSA) is 105 Å². The summed E-state index contributed by atoms with van der Waals surface area (Å²) in [5.74, 6) is -0.339. The number of nitrogens with zero attached hydrogens (tertiary/aromatic N) is 2. The van der Waals surface area contributed by atoms with E-state index in [1.54, 1.807) is 49.4 Å². The van der Waals surface area contributed by atoms with Crippen molar-refractivity contribution in [2.45, 2.75) is 50.7 Å². The van der Waals surface area contributed by atoms with Crippen molar-refractivity contribution in [3.8, 4) is 11.5 Å². The first kappa shape index (κ1) is 33.0. The monoisotopic (exact) mass is 635 g/mol. The predicted molar refractivity (Wildman–Crippen MR) is 165 cm³/mol. The molecule has 0 aliphatic rings. The van der Waals surface area contributed by atoms with E-state index in [-0.39, 0.29) is 34.8 Å². The van der Waals surface area contributed by atoms with Crippen molar-refractivity contribution in [2.75, 3.05) is 25.1 Å². The molecular weight excluding hydrogens is 601 g/mol. The third-order valence-corrected chi connectivity index (χ3v) is 9.16. The van der Waals surface area contributed by atoms with Gasteiger partial charge in [-0.1, -0.05) is 54.4 Å². The van der Waals surface area contributed by atoms with Gasteiger partial charge in [0.15, 0.2) is 11.5 Å².